The second kappa shape index (κ2) is 7.18. The first-order valence-electron chi connectivity index (χ1n) is 10.8. The molecule has 2 heterocycles. The third kappa shape index (κ3) is 3.80. The van der Waals surface area contributed by atoms with Gasteiger partial charge in [-0.3, -0.25) is 4.79 Å². The average Bonchev–Trinajstić information content (AvgIpc) is 3.23. The lowest BCUT2D eigenvalue weighted by Crippen LogP contribution is -2.41. The molecule has 3 aliphatic rings. The number of H-pyrrole nitrogens is 1. The number of fused-ring (bicyclic) bond motifs is 2. The fourth-order valence-corrected chi connectivity index (χ4v) is 4.57. The van der Waals surface area contributed by atoms with E-state index in [1.165, 1.54) is 11.1 Å². The quantitative estimate of drug-likeness (QED) is 0.632. The molecule has 7 heteroatoms. The maximum atomic E-state index is 11.6. The second-order valence-electron chi connectivity index (χ2n) is 9.88. The predicted molar refractivity (Wildman–Crippen MR) is 120 cm³/mol. The molecule has 0 saturated heterocycles. The first-order chi connectivity index (χ1) is 14.8. The molecular weight excluding hydrogens is 390 g/mol. The van der Waals surface area contributed by atoms with Crippen LogP contribution in [0, 0.1) is 5.41 Å². The number of rotatable bonds is 5. The van der Waals surface area contributed by atoms with Gasteiger partial charge in [0.25, 0.3) is 11.4 Å². The van der Waals surface area contributed by atoms with E-state index in [9.17, 15) is 4.79 Å². The topological polar surface area (TPSA) is 96.7 Å². The van der Waals surface area contributed by atoms with Crippen molar-refractivity contribution in [3.63, 3.8) is 0 Å². The van der Waals surface area contributed by atoms with E-state index in [2.05, 4.69) is 58.6 Å². The van der Waals surface area contributed by atoms with Crippen LogP contribution >= 0.6 is 0 Å². The summed E-state index contributed by atoms with van der Waals surface area (Å²) in [5.41, 5.74) is 5.57. The average molecular weight is 418 g/mol. The third-order valence-corrected chi connectivity index (χ3v) is 6.39. The van der Waals surface area contributed by atoms with Crippen molar-refractivity contribution >= 4 is 11.3 Å². The fourth-order valence-electron chi connectivity index (χ4n) is 4.57. The second-order valence-corrected chi connectivity index (χ2v) is 9.88. The van der Waals surface area contributed by atoms with Gasteiger partial charge in [0.1, 0.15) is 0 Å². The van der Waals surface area contributed by atoms with Gasteiger partial charge in [-0.05, 0) is 48.8 Å². The Morgan fingerprint density at radius 1 is 1.19 bits per heavy atom. The Labute approximate surface area is 181 Å². The molecule has 0 radical (unpaired) electrons. The monoisotopic (exact) mass is 417 g/mol. The minimum Gasteiger partial charge on any atom is -0.384 e. The molecule has 160 valence electrons. The van der Waals surface area contributed by atoms with Crippen LogP contribution in [0.5, 0.6) is 0 Å². The molecule has 1 aromatic carbocycles. The first-order valence-corrected chi connectivity index (χ1v) is 10.8. The molecule has 3 aliphatic carbocycles. The van der Waals surface area contributed by atoms with Crippen molar-refractivity contribution in [1.82, 2.24) is 20.3 Å². The highest BCUT2D eigenvalue weighted by molar-refractivity contribution is 5.68. The fraction of sp³-hybridized carbons (Fsp3) is 0.417. The van der Waals surface area contributed by atoms with E-state index in [0.29, 0.717) is 11.3 Å². The highest BCUT2D eigenvalue weighted by atomic mass is 16.5. The number of aromatic nitrogens is 4. The summed E-state index contributed by atoms with van der Waals surface area (Å²) in [5, 5.41) is 14.1. The summed E-state index contributed by atoms with van der Waals surface area (Å²) in [7, 11) is 0. The lowest BCUT2D eigenvalue weighted by Gasteiger charge is -2.49. The van der Waals surface area contributed by atoms with E-state index in [1.54, 1.807) is 12.3 Å². The molecule has 0 amide bonds. The number of hydrogen-bond donors (Lipinski definition) is 2. The number of aromatic amines is 1. The maximum Gasteiger partial charge on any atom is 0.264 e. The summed E-state index contributed by atoms with van der Waals surface area (Å²) < 4.78 is 5.59. The number of allylic oxidation sites excluding steroid dienone is 2. The summed E-state index contributed by atoms with van der Waals surface area (Å²) >= 11 is 0. The first kappa shape index (κ1) is 19.7. The van der Waals surface area contributed by atoms with E-state index >= 15 is 0 Å². The molecule has 3 aromatic rings. The summed E-state index contributed by atoms with van der Waals surface area (Å²) in [6.07, 6.45) is 5.94. The van der Waals surface area contributed by atoms with Gasteiger partial charge in [-0.1, -0.05) is 43.6 Å². The smallest absolute Gasteiger partial charge is 0.264 e. The molecule has 2 aromatic heterocycles. The van der Waals surface area contributed by atoms with Crippen LogP contribution in [0.3, 0.4) is 0 Å². The molecule has 1 saturated carbocycles. The zero-order valence-corrected chi connectivity index (χ0v) is 18.2. The lowest BCUT2D eigenvalue weighted by molar-refractivity contribution is 0.191. The van der Waals surface area contributed by atoms with E-state index in [1.807, 2.05) is 12.1 Å². The molecule has 0 atom stereocenters. The summed E-state index contributed by atoms with van der Waals surface area (Å²) in [6.45, 7) is 7.23. The van der Waals surface area contributed by atoms with Crippen LogP contribution in [-0.2, 0) is 5.41 Å². The van der Waals surface area contributed by atoms with Crippen LogP contribution < -0.4 is 10.9 Å². The normalized spacial score (nSPS) is 17.4. The van der Waals surface area contributed by atoms with Crippen molar-refractivity contribution in [2.24, 2.45) is 5.41 Å². The van der Waals surface area contributed by atoms with Crippen molar-refractivity contribution < 1.29 is 4.52 Å². The summed E-state index contributed by atoms with van der Waals surface area (Å²) in [4.78, 5) is 16.2. The van der Waals surface area contributed by atoms with Crippen LogP contribution in [0.25, 0.3) is 16.7 Å². The number of anilines is 1. The van der Waals surface area contributed by atoms with Crippen molar-refractivity contribution in [3.05, 3.63) is 64.2 Å². The molecule has 31 heavy (non-hydrogen) atoms. The maximum absolute atomic E-state index is 11.6. The molecule has 2 N–H and O–H groups in total. The van der Waals surface area contributed by atoms with E-state index < -0.39 is 0 Å². The van der Waals surface area contributed by atoms with Crippen LogP contribution in [0.2, 0.25) is 0 Å². The third-order valence-electron chi connectivity index (χ3n) is 6.39. The minimum atomic E-state index is -0.197. The van der Waals surface area contributed by atoms with E-state index in [4.69, 9.17) is 4.52 Å². The molecule has 0 aliphatic heterocycles. The zero-order chi connectivity index (χ0) is 21.6. The molecule has 0 spiro atoms. The van der Waals surface area contributed by atoms with Gasteiger partial charge in [0, 0.05) is 34.9 Å². The number of benzene rings is 1. The van der Waals surface area contributed by atoms with Crippen molar-refractivity contribution in [1.29, 1.82) is 0 Å². The summed E-state index contributed by atoms with van der Waals surface area (Å²) in [5.74, 6) is 1.48. The Morgan fingerprint density at radius 2 is 2.03 bits per heavy atom. The zero-order valence-electron chi connectivity index (χ0n) is 18.2. The number of hydrogen-bond acceptors (Lipinski definition) is 6. The van der Waals surface area contributed by atoms with E-state index in [0.717, 1.165) is 54.9 Å². The van der Waals surface area contributed by atoms with E-state index in [-0.39, 0.29) is 11.0 Å². The lowest BCUT2D eigenvalue weighted by atomic mass is 9.57. The van der Waals surface area contributed by atoms with Gasteiger partial charge in [-0.2, -0.15) is 10.1 Å². The Kier molecular flexibility index (Phi) is 4.57. The molecular formula is C24H27N5O2. The molecule has 7 nitrogen and oxygen atoms in total. The van der Waals surface area contributed by atoms with Crippen molar-refractivity contribution in [3.8, 4) is 11.1 Å². The Bertz CT molecular complexity index is 1210. The van der Waals surface area contributed by atoms with Gasteiger partial charge in [0.15, 0.2) is 5.82 Å². The Morgan fingerprint density at radius 3 is 2.71 bits per heavy atom. The predicted octanol–water partition coefficient (Wildman–Crippen LogP) is 4.56. The SMILES string of the molecule is CC(C)(C)c1noc(C2=C3CC(CNc4cccc(-c5cn[nH]c(=O)c5)c4)(CC2)C3)n1. The molecule has 6 rings (SSSR count). The van der Waals surface area contributed by atoms with Gasteiger partial charge >= 0.3 is 0 Å². The van der Waals surface area contributed by atoms with Crippen LogP contribution in [0.1, 0.15) is 58.2 Å². The summed E-state index contributed by atoms with van der Waals surface area (Å²) in [6, 6.07) is 9.70. The van der Waals surface area contributed by atoms with Crippen molar-refractivity contribution in [2.75, 3.05) is 11.9 Å². The van der Waals surface area contributed by atoms with Gasteiger partial charge in [-0.25, -0.2) is 5.10 Å². The minimum absolute atomic E-state index is 0.104. The Hall–Kier alpha value is -3.22. The van der Waals surface area contributed by atoms with Crippen LogP contribution in [0.15, 0.2) is 51.4 Å². The number of nitrogens with one attached hydrogen (secondary N) is 2. The van der Waals surface area contributed by atoms with Crippen LogP contribution in [0.4, 0.5) is 5.69 Å². The van der Waals surface area contributed by atoms with Crippen LogP contribution in [-0.4, -0.2) is 26.9 Å². The molecule has 2 bridgehead atoms. The largest absolute Gasteiger partial charge is 0.384 e. The van der Waals surface area contributed by atoms with Gasteiger partial charge < -0.3 is 9.84 Å². The standard InChI is InChI=1S/C24H27N5O2/c1-23(2,3)22-27-21(31-29-22)19-7-8-24(11-17(19)12-24)14-25-18-6-4-5-15(9-18)16-10-20(30)28-26-13-16/h4-6,9-10,13,25H,7-8,11-12,14H2,1-3H3,(H,28,30). The highest BCUT2D eigenvalue weighted by Gasteiger charge is 2.46. The van der Waals surface area contributed by atoms with Crippen molar-refractivity contribution in [2.45, 2.75) is 51.9 Å². The molecule has 0 unspecified atom stereocenters. The van der Waals surface area contributed by atoms with Gasteiger partial charge in [-0.15, -0.1) is 0 Å². The Balaban J connectivity index is 1.26. The molecule has 1 fully saturated rings. The van der Waals surface area contributed by atoms with Gasteiger partial charge in [0.2, 0.25) is 0 Å². The highest BCUT2D eigenvalue weighted by Crippen LogP contribution is 2.57. The van der Waals surface area contributed by atoms with Gasteiger partial charge in [0.05, 0.1) is 6.20 Å². The number of nitrogens with zero attached hydrogens (tertiary/aromatic N) is 3.